The number of rotatable bonds is 1. The maximum Gasteiger partial charge on any atom is 0.316 e. The van der Waals surface area contributed by atoms with Crippen LogP contribution in [-0.4, -0.2) is 13.1 Å². The van der Waals surface area contributed by atoms with E-state index < -0.39 is 0 Å². The zero-order valence-electron chi connectivity index (χ0n) is 8.20. The first-order valence-electron chi connectivity index (χ1n) is 4.26. The molecule has 0 aromatic heterocycles. The van der Waals surface area contributed by atoms with Crippen LogP contribution in [0, 0.1) is 5.92 Å². The number of carbonyl (C=O) groups excluding carboxylic acids is 1. The summed E-state index contributed by atoms with van der Waals surface area (Å²) in [6, 6.07) is 0. The average molecular weight is 178 g/mol. The van der Waals surface area contributed by atoms with Crippen molar-refractivity contribution in [1.82, 2.24) is 0 Å². The standard InChI is InChI=1S/C11H14O2/c1-8-5-4-6-9(2)10(7-8)11(12)13-3/h4-7,10H,1-3H3. The van der Waals surface area contributed by atoms with Crippen molar-refractivity contribution in [3.8, 4) is 0 Å². The molecule has 0 saturated heterocycles. The lowest BCUT2D eigenvalue weighted by atomic mass is 9.99. The van der Waals surface area contributed by atoms with Crippen molar-refractivity contribution >= 4 is 5.97 Å². The van der Waals surface area contributed by atoms with E-state index in [-0.39, 0.29) is 11.9 Å². The molecule has 1 aliphatic carbocycles. The van der Waals surface area contributed by atoms with Gasteiger partial charge >= 0.3 is 5.97 Å². The first-order valence-corrected chi connectivity index (χ1v) is 4.26. The zero-order chi connectivity index (χ0) is 9.84. The van der Waals surface area contributed by atoms with Crippen LogP contribution in [0.4, 0.5) is 0 Å². The molecule has 0 aliphatic heterocycles. The van der Waals surface area contributed by atoms with Crippen LogP contribution in [0.3, 0.4) is 0 Å². The Morgan fingerprint density at radius 3 is 2.77 bits per heavy atom. The Morgan fingerprint density at radius 1 is 1.46 bits per heavy atom. The van der Waals surface area contributed by atoms with E-state index in [1.807, 2.05) is 38.2 Å². The van der Waals surface area contributed by atoms with Gasteiger partial charge in [-0.2, -0.15) is 0 Å². The highest BCUT2D eigenvalue weighted by Gasteiger charge is 2.18. The summed E-state index contributed by atoms with van der Waals surface area (Å²) in [6.45, 7) is 3.90. The molecule has 1 aliphatic rings. The summed E-state index contributed by atoms with van der Waals surface area (Å²) in [7, 11) is 1.41. The Bertz CT molecular complexity index is 295. The van der Waals surface area contributed by atoms with Crippen molar-refractivity contribution in [2.45, 2.75) is 13.8 Å². The molecule has 0 heterocycles. The van der Waals surface area contributed by atoms with Crippen LogP contribution in [-0.2, 0) is 9.53 Å². The quantitative estimate of drug-likeness (QED) is 0.575. The Morgan fingerprint density at radius 2 is 2.15 bits per heavy atom. The Hall–Kier alpha value is -1.31. The second-order valence-electron chi connectivity index (χ2n) is 3.18. The second kappa shape index (κ2) is 4.08. The number of carbonyl (C=O) groups is 1. The Labute approximate surface area is 78.6 Å². The molecule has 0 saturated carbocycles. The summed E-state index contributed by atoms with van der Waals surface area (Å²) in [5, 5.41) is 0. The predicted molar refractivity (Wildman–Crippen MR) is 52.2 cm³/mol. The molecule has 2 heteroatoms. The van der Waals surface area contributed by atoms with Crippen molar-refractivity contribution in [3.63, 3.8) is 0 Å². The molecule has 0 aromatic carbocycles. The molecule has 0 fully saturated rings. The van der Waals surface area contributed by atoms with Gasteiger partial charge in [-0.1, -0.05) is 35.5 Å². The first-order chi connectivity index (χ1) is 6.15. The van der Waals surface area contributed by atoms with Gasteiger partial charge in [0, 0.05) is 0 Å². The Kier molecular flexibility index (Phi) is 3.07. The first kappa shape index (κ1) is 9.78. The van der Waals surface area contributed by atoms with Crippen LogP contribution in [0.25, 0.3) is 0 Å². The Balaban J connectivity index is 2.95. The molecule has 70 valence electrons. The third-order valence-corrected chi connectivity index (χ3v) is 2.09. The van der Waals surface area contributed by atoms with Crippen LogP contribution in [0.5, 0.6) is 0 Å². The van der Waals surface area contributed by atoms with E-state index in [1.54, 1.807) is 0 Å². The minimum Gasteiger partial charge on any atom is -0.468 e. The smallest absolute Gasteiger partial charge is 0.316 e. The molecule has 0 N–H and O–H groups in total. The molecule has 1 atom stereocenters. The molecule has 0 bridgehead atoms. The highest BCUT2D eigenvalue weighted by Crippen LogP contribution is 2.19. The summed E-state index contributed by atoms with van der Waals surface area (Å²) >= 11 is 0. The van der Waals surface area contributed by atoms with E-state index in [0.29, 0.717) is 0 Å². The van der Waals surface area contributed by atoms with Crippen molar-refractivity contribution in [2.24, 2.45) is 5.92 Å². The van der Waals surface area contributed by atoms with Crippen LogP contribution >= 0.6 is 0 Å². The SMILES string of the molecule is COC(=O)C1C=C(C)C=CC=C1C. The summed E-state index contributed by atoms with van der Waals surface area (Å²) in [5.41, 5.74) is 2.10. The lowest BCUT2D eigenvalue weighted by molar-refractivity contribution is -0.142. The van der Waals surface area contributed by atoms with Crippen LogP contribution in [0.2, 0.25) is 0 Å². The van der Waals surface area contributed by atoms with E-state index in [2.05, 4.69) is 0 Å². The van der Waals surface area contributed by atoms with Gasteiger partial charge in [0.1, 0.15) is 0 Å². The average Bonchev–Trinajstić information content (AvgIpc) is 2.27. The number of esters is 1. The number of hydrogen-bond donors (Lipinski definition) is 0. The molecule has 0 spiro atoms. The van der Waals surface area contributed by atoms with Crippen molar-refractivity contribution < 1.29 is 9.53 Å². The van der Waals surface area contributed by atoms with Gasteiger partial charge in [0.25, 0.3) is 0 Å². The van der Waals surface area contributed by atoms with Gasteiger partial charge < -0.3 is 4.74 Å². The van der Waals surface area contributed by atoms with Crippen LogP contribution in [0.1, 0.15) is 13.8 Å². The largest absolute Gasteiger partial charge is 0.468 e. The van der Waals surface area contributed by atoms with Gasteiger partial charge in [-0.3, -0.25) is 4.79 Å². The van der Waals surface area contributed by atoms with Gasteiger partial charge in [0.15, 0.2) is 0 Å². The van der Waals surface area contributed by atoms with E-state index in [4.69, 9.17) is 4.74 Å². The summed E-state index contributed by atoms with van der Waals surface area (Å²) in [6.07, 6.45) is 7.78. The summed E-state index contributed by atoms with van der Waals surface area (Å²) in [4.78, 5) is 11.3. The third-order valence-electron chi connectivity index (χ3n) is 2.09. The number of hydrogen-bond acceptors (Lipinski definition) is 2. The lowest BCUT2D eigenvalue weighted by Gasteiger charge is -2.10. The van der Waals surface area contributed by atoms with Gasteiger partial charge in [0.2, 0.25) is 0 Å². The fourth-order valence-corrected chi connectivity index (χ4v) is 1.29. The fraction of sp³-hybridized carbons (Fsp3) is 0.364. The molecule has 13 heavy (non-hydrogen) atoms. The molecule has 0 amide bonds. The van der Waals surface area contributed by atoms with E-state index in [1.165, 1.54) is 7.11 Å². The van der Waals surface area contributed by atoms with E-state index in [0.717, 1.165) is 11.1 Å². The number of methoxy groups -OCH3 is 1. The van der Waals surface area contributed by atoms with Gasteiger partial charge in [-0.05, 0) is 13.8 Å². The topological polar surface area (TPSA) is 26.3 Å². The lowest BCUT2D eigenvalue weighted by Crippen LogP contribution is -2.15. The minimum atomic E-state index is -0.222. The number of ether oxygens (including phenoxy) is 1. The van der Waals surface area contributed by atoms with E-state index in [9.17, 15) is 4.79 Å². The summed E-state index contributed by atoms with van der Waals surface area (Å²) < 4.78 is 4.71. The monoisotopic (exact) mass is 178 g/mol. The molecule has 0 aromatic rings. The third kappa shape index (κ3) is 2.31. The van der Waals surface area contributed by atoms with Gasteiger partial charge in [0.05, 0.1) is 13.0 Å². The van der Waals surface area contributed by atoms with Gasteiger partial charge in [-0.25, -0.2) is 0 Å². The molecule has 2 nitrogen and oxygen atoms in total. The maximum atomic E-state index is 11.3. The highest BCUT2D eigenvalue weighted by atomic mass is 16.5. The predicted octanol–water partition coefficient (Wildman–Crippen LogP) is 2.24. The zero-order valence-corrected chi connectivity index (χ0v) is 8.20. The van der Waals surface area contributed by atoms with Crippen molar-refractivity contribution in [2.75, 3.05) is 7.11 Å². The van der Waals surface area contributed by atoms with Gasteiger partial charge in [-0.15, -0.1) is 0 Å². The summed E-state index contributed by atoms with van der Waals surface area (Å²) in [5.74, 6) is -0.420. The van der Waals surface area contributed by atoms with Crippen molar-refractivity contribution in [1.29, 1.82) is 0 Å². The number of allylic oxidation sites excluding steroid dienone is 4. The molecule has 1 unspecified atom stereocenters. The highest BCUT2D eigenvalue weighted by molar-refractivity contribution is 5.78. The van der Waals surface area contributed by atoms with Crippen LogP contribution in [0.15, 0.2) is 35.5 Å². The minimum absolute atomic E-state index is 0.197. The van der Waals surface area contributed by atoms with Crippen molar-refractivity contribution in [3.05, 3.63) is 35.5 Å². The van der Waals surface area contributed by atoms with E-state index >= 15 is 0 Å². The molecule has 0 radical (unpaired) electrons. The molecular formula is C11H14O2. The molecule has 1 rings (SSSR count). The second-order valence-corrected chi connectivity index (χ2v) is 3.18. The maximum absolute atomic E-state index is 11.3. The van der Waals surface area contributed by atoms with Crippen LogP contribution < -0.4 is 0 Å². The fourth-order valence-electron chi connectivity index (χ4n) is 1.29. The normalized spacial score (nSPS) is 21.6. The molecular weight excluding hydrogens is 164 g/mol.